The van der Waals surface area contributed by atoms with Gasteiger partial charge in [0.2, 0.25) is 0 Å². The summed E-state index contributed by atoms with van der Waals surface area (Å²) in [6, 6.07) is 49.3. The number of aromatic nitrogens is 6. The van der Waals surface area contributed by atoms with Crippen LogP contribution >= 0.6 is 94.1 Å². The summed E-state index contributed by atoms with van der Waals surface area (Å²) in [7, 11) is 0. The van der Waals surface area contributed by atoms with E-state index in [0.29, 0.717) is 13.1 Å². The maximum atomic E-state index is 4.85. The number of hydrogen-bond donors (Lipinski definition) is 0. The zero-order chi connectivity index (χ0) is 69.0. The van der Waals surface area contributed by atoms with Crippen molar-refractivity contribution < 1.29 is 0 Å². The Morgan fingerprint density at radius 3 is 0.900 bits per heavy atom. The smallest absolute Gasteiger partial charge is 0.113 e. The first kappa shape index (κ1) is 78.5. The molecule has 0 bridgehead atoms. The van der Waals surface area contributed by atoms with Crippen molar-refractivity contribution in [1.82, 2.24) is 30.0 Å². The highest BCUT2D eigenvalue weighted by Gasteiger charge is 2.33. The topological polar surface area (TPSA) is 61.4 Å². The number of hydrogen-bond acceptors (Lipinski definition) is 12. The van der Waals surface area contributed by atoms with Gasteiger partial charge in [0, 0.05) is 22.3 Å². The van der Waals surface area contributed by atoms with Crippen LogP contribution < -0.4 is 0 Å². The second kappa shape index (κ2) is 45.3. The van der Waals surface area contributed by atoms with E-state index < -0.39 is 0 Å². The Balaban J connectivity index is 1.01. The first-order valence-corrected chi connectivity index (χ1v) is 45.9. The van der Waals surface area contributed by atoms with Gasteiger partial charge in [-0.1, -0.05) is 398 Å². The van der Waals surface area contributed by atoms with E-state index in [1.807, 2.05) is 9.36 Å². The quantitative estimate of drug-likeness (QED) is 0.0341. The molecule has 0 N–H and O–H groups in total. The number of allylic oxidation sites excluding steroid dienone is 2. The summed E-state index contributed by atoms with van der Waals surface area (Å²) in [6.45, 7) is 10.6. The predicted octanol–water partition coefficient (Wildman–Crippen LogP) is 29.4. The Bertz CT molecular complexity index is 3510. The van der Waals surface area contributed by atoms with Crippen molar-refractivity contribution in [2.45, 2.75) is 246 Å². The van der Waals surface area contributed by atoms with Gasteiger partial charge in [0.05, 0.1) is 50.9 Å². The highest BCUT2D eigenvalue weighted by atomic mass is 32.3. The first-order chi connectivity index (χ1) is 49.5. The van der Waals surface area contributed by atoms with Gasteiger partial charge >= 0.3 is 0 Å². The van der Waals surface area contributed by atoms with Crippen LogP contribution in [0, 0.1) is 0 Å². The molecule has 0 saturated carbocycles. The molecule has 2 aromatic heterocycles. The maximum Gasteiger partial charge on any atom is 0.113 e. The summed E-state index contributed by atoms with van der Waals surface area (Å²) in [6.07, 6.45) is 47.1. The molecule has 6 nitrogen and oxygen atoms in total. The van der Waals surface area contributed by atoms with Crippen LogP contribution in [0.25, 0.3) is 55.2 Å². The molecule has 0 spiro atoms. The largest absolute Gasteiger partial charge is 0.247 e. The Labute approximate surface area is 636 Å². The lowest BCUT2D eigenvalue weighted by Gasteiger charge is -2.19. The zero-order valence-electron chi connectivity index (χ0n) is 60.7. The maximum absolute atomic E-state index is 4.85. The Morgan fingerprint density at radius 2 is 0.590 bits per heavy atom. The highest BCUT2D eigenvalue weighted by molar-refractivity contribution is 8.41. The highest BCUT2D eigenvalue weighted by Crippen LogP contribution is 2.65. The molecule has 6 aromatic carbocycles. The lowest BCUT2D eigenvalue weighted by atomic mass is 9.93. The molecule has 8 aromatic rings. The van der Waals surface area contributed by atoms with E-state index in [-0.39, 0.29) is 0 Å². The summed E-state index contributed by atoms with van der Waals surface area (Å²) < 4.78 is 12.8. The van der Waals surface area contributed by atoms with E-state index in [0.717, 1.165) is 45.5 Å². The minimum atomic E-state index is 0.657. The molecule has 2 aliphatic heterocycles. The van der Waals surface area contributed by atoms with E-state index >= 15 is 0 Å². The zero-order valence-corrected chi connectivity index (χ0v) is 67.2. The molecule has 0 saturated heterocycles. The molecule has 0 atom stereocenters. The third-order valence-electron chi connectivity index (χ3n) is 19.1. The monoisotopic (exact) mass is 1480 g/mol. The number of fused-ring (bicyclic) bond motifs is 2. The minimum Gasteiger partial charge on any atom is -0.247 e. The first-order valence-electron chi connectivity index (χ1n) is 38.6. The molecule has 2 aliphatic rings. The van der Waals surface area contributed by atoms with Crippen molar-refractivity contribution in [3.63, 3.8) is 0 Å². The summed E-state index contributed by atoms with van der Waals surface area (Å²) >= 11 is 16.8. The number of nitrogens with zero attached hydrogens (tertiary/aromatic N) is 6. The van der Waals surface area contributed by atoms with Gasteiger partial charge < -0.3 is 0 Å². The van der Waals surface area contributed by atoms with Gasteiger partial charge in [0.15, 0.2) is 0 Å². The van der Waals surface area contributed by atoms with E-state index in [2.05, 4.69) is 268 Å². The Kier molecular flexibility index (Phi) is 35.5. The summed E-state index contributed by atoms with van der Waals surface area (Å²) in [4.78, 5) is 0. The van der Waals surface area contributed by atoms with E-state index in [1.54, 1.807) is 0 Å². The number of benzene rings is 6. The molecule has 4 heterocycles. The molecule has 0 fully saturated rings. The molecule has 14 heteroatoms. The Hall–Kier alpha value is -4.12. The molecular weight excluding hydrogens is 1370 g/mol. The van der Waals surface area contributed by atoms with Crippen LogP contribution in [0.5, 0.6) is 0 Å². The van der Waals surface area contributed by atoms with Crippen molar-refractivity contribution in [1.29, 1.82) is 0 Å². The van der Waals surface area contributed by atoms with E-state index in [9.17, 15) is 0 Å². The van der Waals surface area contributed by atoms with Crippen LogP contribution in [0.2, 0.25) is 0 Å². The fourth-order valence-electron chi connectivity index (χ4n) is 13.3. The van der Waals surface area contributed by atoms with Crippen LogP contribution in [0.1, 0.15) is 255 Å². The fraction of sp³-hybridized carbons (Fsp3) is 0.488. The van der Waals surface area contributed by atoms with Gasteiger partial charge in [-0.2, -0.15) is 0 Å². The second-order valence-corrected chi connectivity index (χ2v) is 37.3. The lowest BCUT2D eigenvalue weighted by molar-refractivity contribution is 0.586. The van der Waals surface area contributed by atoms with Gasteiger partial charge in [0.1, 0.15) is 11.4 Å². The molecule has 534 valence electrons. The summed E-state index contributed by atoms with van der Waals surface area (Å²) in [5, 5.41) is 24.2. The molecule has 0 amide bonds. The molecule has 0 aliphatic carbocycles. The SMILES string of the molecule is CCCCCCCCCCSC1=C(SCCCCCCCCCC)SC(=C(C(=C2SC(SCCCCCCCCCC)=C(SCCCCCCCCCC)S2)c2ccc(-c3cn(Cc4cccc5ccccc45)nn3)cc2)c2ccc(-c3cn(Cc4cccc5ccccc45)nn3)cc2)S1. The lowest BCUT2D eigenvalue weighted by Crippen LogP contribution is -2.01. The molecule has 0 unspecified atom stereocenters. The van der Waals surface area contributed by atoms with Gasteiger partial charge in [-0.05, 0) is 92.5 Å². The van der Waals surface area contributed by atoms with E-state index in [1.165, 1.54) is 286 Å². The average Bonchev–Trinajstić information content (AvgIpc) is 1.63. The van der Waals surface area contributed by atoms with Gasteiger partial charge in [-0.25, -0.2) is 9.36 Å². The molecule has 100 heavy (non-hydrogen) atoms. The second-order valence-electron chi connectivity index (χ2n) is 27.2. The third-order valence-corrected chi connectivity index (χ3v) is 30.5. The van der Waals surface area contributed by atoms with E-state index in [4.69, 9.17) is 20.6 Å². The van der Waals surface area contributed by atoms with Crippen molar-refractivity contribution in [2.24, 2.45) is 0 Å². The standard InChI is InChI=1S/C86H112N6S8/c1-5-9-13-17-21-25-29-37-59-93-83-84(94-60-38-30-26-22-18-14-10-6-2)98-81(97-83)79(71-55-51-69(52-56-71)77-65-91(89-87-77)63-73-47-41-45-67-43-33-35-49-75(67)73)80(72-57-53-70(54-58-72)78-66-92(90-88-78)64-74-48-42-46-68-44-34-36-50-76(68)74)82-99-85(95-61-39-31-27-23-19-15-11-7-3)86(100-82)96-62-40-32-28-24-20-16-12-8-4/h33-36,41-58,65-66H,5-32,37-40,59-64H2,1-4H3. The van der Waals surface area contributed by atoms with Crippen LogP contribution in [-0.2, 0) is 13.1 Å². The minimum absolute atomic E-state index is 0.657. The normalized spacial score (nSPS) is 13.4. The predicted molar refractivity (Wildman–Crippen MR) is 456 cm³/mol. The van der Waals surface area contributed by atoms with Crippen molar-refractivity contribution >= 4 is 127 Å². The van der Waals surface area contributed by atoms with Crippen molar-refractivity contribution in [3.05, 3.63) is 194 Å². The van der Waals surface area contributed by atoms with Crippen LogP contribution in [0.3, 0.4) is 0 Å². The molecule has 10 rings (SSSR count). The van der Waals surface area contributed by atoms with Crippen LogP contribution in [0.15, 0.2) is 171 Å². The van der Waals surface area contributed by atoms with Crippen LogP contribution in [-0.4, -0.2) is 53.0 Å². The number of thioether (sulfide) groups is 8. The Morgan fingerprint density at radius 1 is 0.310 bits per heavy atom. The van der Waals surface area contributed by atoms with Crippen molar-refractivity contribution in [3.8, 4) is 22.5 Å². The number of rotatable bonds is 49. The fourth-order valence-corrected chi connectivity index (χ4v) is 25.5. The van der Waals surface area contributed by atoms with Gasteiger partial charge in [-0.3, -0.25) is 0 Å². The van der Waals surface area contributed by atoms with Crippen molar-refractivity contribution in [2.75, 3.05) is 23.0 Å². The van der Waals surface area contributed by atoms with Gasteiger partial charge in [-0.15, -0.1) is 57.2 Å². The third kappa shape index (κ3) is 25.0. The van der Waals surface area contributed by atoms with Crippen LogP contribution in [0.4, 0.5) is 0 Å². The summed E-state index contributed by atoms with van der Waals surface area (Å²) in [5.41, 5.74) is 11.5. The van der Waals surface area contributed by atoms with Gasteiger partial charge in [0.25, 0.3) is 0 Å². The average molecular weight is 1490 g/mol. The molecular formula is C86H112N6S8. The summed E-state index contributed by atoms with van der Waals surface area (Å²) in [5.74, 6) is 4.65. The molecule has 0 radical (unpaired) electrons. The number of unbranched alkanes of at least 4 members (excludes halogenated alkanes) is 28.